The van der Waals surface area contributed by atoms with Gasteiger partial charge < -0.3 is 15.1 Å². The molecule has 1 fully saturated rings. The van der Waals surface area contributed by atoms with Gasteiger partial charge in [-0.1, -0.05) is 6.07 Å². The first-order chi connectivity index (χ1) is 15.8. The maximum Gasteiger partial charge on any atom is 0.317 e. The third-order valence-corrected chi connectivity index (χ3v) is 5.95. The molecule has 1 aliphatic rings. The monoisotopic (exact) mass is 466 g/mol. The van der Waals surface area contributed by atoms with Crippen LogP contribution >= 0.6 is 9.24 Å². The van der Waals surface area contributed by atoms with Crippen LogP contribution < -0.4 is 15.5 Å². The molecule has 3 heterocycles. The van der Waals surface area contributed by atoms with Crippen LogP contribution in [0, 0.1) is 12.7 Å². The number of piperazine rings is 1. The molecule has 33 heavy (non-hydrogen) atoms. The van der Waals surface area contributed by atoms with E-state index in [4.69, 9.17) is 4.98 Å². The SMILES string of the molecule is Cc1cnccc1-c1nc(N2CCN(C(=O)NC(C)C)CC2)cnc1-c1ccc(P)cc1F. The van der Waals surface area contributed by atoms with Crippen molar-refractivity contribution >= 4 is 26.4 Å². The van der Waals surface area contributed by atoms with E-state index in [0.717, 1.165) is 16.4 Å². The van der Waals surface area contributed by atoms with E-state index in [0.29, 0.717) is 48.9 Å². The molecule has 1 unspecified atom stereocenters. The van der Waals surface area contributed by atoms with Gasteiger partial charge in [-0.2, -0.15) is 0 Å². The number of hydrogen-bond donors (Lipinski definition) is 1. The largest absolute Gasteiger partial charge is 0.352 e. The van der Waals surface area contributed by atoms with Gasteiger partial charge in [-0.3, -0.25) is 4.98 Å². The smallest absolute Gasteiger partial charge is 0.317 e. The van der Waals surface area contributed by atoms with E-state index in [9.17, 15) is 9.18 Å². The number of carbonyl (C=O) groups is 1. The van der Waals surface area contributed by atoms with Crippen molar-refractivity contribution in [3.63, 3.8) is 0 Å². The zero-order valence-corrected chi connectivity index (χ0v) is 20.2. The van der Waals surface area contributed by atoms with Crippen LogP contribution in [0.3, 0.4) is 0 Å². The molecule has 1 atom stereocenters. The lowest BCUT2D eigenvalue weighted by atomic mass is 10.0. The molecule has 1 N–H and O–H groups in total. The molecule has 0 aliphatic carbocycles. The van der Waals surface area contributed by atoms with Crippen LogP contribution in [0.25, 0.3) is 22.5 Å². The van der Waals surface area contributed by atoms with Crippen molar-refractivity contribution in [3.05, 3.63) is 54.2 Å². The van der Waals surface area contributed by atoms with E-state index in [-0.39, 0.29) is 17.9 Å². The molecule has 4 rings (SSSR count). The first kappa shape index (κ1) is 23.1. The van der Waals surface area contributed by atoms with Crippen LogP contribution in [-0.4, -0.2) is 58.1 Å². The fraction of sp³-hybridized carbons (Fsp3) is 0.333. The Labute approximate surface area is 195 Å². The molecule has 0 saturated carbocycles. The lowest BCUT2D eigenvalue weighted by Crippen LogP contribution is -2.53. The fourth-order valence-electron chi connectivity index (χ4n) is 3.86. The van der Waals surface area contributed by atoms with Gasteiger partial charge in [-0.05, 0) is 49.8 Å². The van der Waals surface area contributed by atoms with Gasteiger partial charge in [-0.25, -0.2) is 19.2 Å². The number of aryl methyl sites for hydroxylation is 1. The van der Waals surface area contributed by atoms with Gasteiger partial charge in [0, 0.05) is 55.7 Å². The van der Waals surface area contributed by atoms with Gasteiger partial charge in [-0.15, -0.1) is 9.24 Å². The minimum absolute atomic E-state index is 0.0489. The van der Waals surface area contributed by atoms with E-state index in [1.165, 1.54) is 6.07 Å². The number of nitrogens with one attached hydrogen (secondary N) is 1. The van der Waals surface area contributed by atoms with Crippen LogP contribution in [0.15, 0.2) is 42.9 Å². The minimum Gasteiger partial charge on any atom is -0.352 e. The van der Waals surface area contributed by atoms with E-state index >= 15 is 0 Å². The topological polar surface area (TPSA) is 74.2 Å². The van der Waals surface area contributed by atoms with Crippen LogP contribution in [0.4, 0.5) is 15.0 Å². The number of amides is 2. The Bertz CT molecular complexity index is 1160. The Morgan fingerprint density at radius 2 is 1.85 bits per heavy atom. The number of benzene rings is 1. The summed E-state index contributed by atoms with van der Waals surface area (Å²) in [5.74, 6) is 0.360. The first-order valence-electron chi connectivity index (χ1n) is 11.0. The van der Waals surface area contributed by atoms with Crippen molar-refractivity contribution in [3.8, 4) is 22.5 Å². The Balaban J connectivity index is 1.67. The Morgan fingerprint density at radius 3 is 2.52 bits per heavy atom. The standard InChI is InChI=1S/C24H28FN6OP/c1-15(2)28-24(32)31-10-8-30(9-11-31)21-14-27-22(19-5-4-17(33)12-20(19)25)23(29-21)18-6-7-26-13-16(18)3/h4-7,12-15H,8-11,33H2,1-3H3,(H,28,32). The Kier molecular flexibility index (Phi) is 6.84. The molecule has 1 aliphatic heterocycles. The number of carbonyl (C=O) groups excluding carboxylic acids is 1. The van der Waals surface area contributed by atoms with E-state index in [1.54, 1.807) is 24.7 Å². The lowest BCUT2D eigenvalue weighted by molar-refractivity contribution is 0.191. The van der Waals surface area contributed by atoms with Gasteiger partial charge in [0.15, 0.2) is 0 Å². The molecule has 7 nitrogen and oxygen atoms in total. The average molecular weight is 467 g/mol. The van der Waals surface area contributed by atoms with Gasteiger partial charge in [0.2, 0.25) is 0 Å². The van der Waals surface area contributed by atoms with Crippen molar-refractivity contribution in [2.75, 3.05) is 31.1 Å². The Hall–Kier alpha value is -3.12. The van der Waals surface area contributed by atoms with E-state index in [1.807, 2.05) is 37.8 Å². The summed E-state index contributed by atoms with van der Waals surface area (Å²) in [5, 5.41) is 3.70. The fourth-order valence-corrected chi connectivity index (χ4v) is 4.10. The number of pyridine rings is 1. The van der Waals surface area contributed by atoms with E-state index in [2.05, 4.69) is 29.4 Å². The van der Waals surface area contributed by atoms with Crippen molar-refractivity contribution < 1.29 is 9.18 Å². The molecule has 2 amide bonds. The molecule has 0 bridgehead atoms. The summed E-state index contributed by atoms with van der Waals surface area (Å²) in [5.41, 5.74) is 3.30. The van der Waals surface area contributed by atoms with Crippen molar-refractivity contribution in [2.45, 2.75) is 26.8 Å². The molecule has 172 valence electrons. The normalized spacial score (nSPS) is 14.0. The number of halogens is 1. The van der Waals surface area contributed by atoms with E-state index < -0.39 is 0 Å². The number of aromatic nitrogens is 3. The molecular weight excluding hydrogens is 438 g/mol. The highest BCUT2D eigenvalue weighted by Gasteiger charge is 2.24. The number of hydrogen-bond acceptors (Lipinski definition) is 5. The average Bonchev–Trinajstić information content (AvgIpc) is 2.79. The van der Waals surface area contributed by atoms with Crippen molar-refractivity contribution in [2.24, 2.45) is 0 Å². The summed E-state index contributed by atoms with van der Waals surface area (Å²) >= 11 is 0. The van der Waals surface area contributed by atoms with Crippen molar-refractivity contribution in [1.82, 2.24) is 25.2 Å². The summed E-state index contributed by atoms with van der Waals surface area (Å²) in [4.78, 5) is 30.0. The predicted molar refractivity (Wildman–Crippen MR) is 132 cm³/mol. The van der Waals surface area contributed by atoms with Crippen LogP contribution in [0.1, 0.15) is 19.4 Å². The summed E-state index contributed by atoms with van der Waals surface area (Å²) in [6.45, 7) is 8.32. The summed E-state index contributed by atoms with van der Waals surface area (Å²) < 4.78 is 14.8. The first-order valence-corrected chi connectivity index (χ1v) is 11.5. The third kappa shape index (κ3) is 5.11. The number of rotatable bonds is 4. The summed E-state index contributed by atoms with van der Waals surface area (Å²) in [6.07, 6.45) is 5.16. The molecule has 9 heteroatoms. The number of anilines is 1. The maximum absolute atomic E-state index is 14.8. The number of urea groups is 1. The van der Waals surface area contributed by atoms with Gasteiger partial charge in [0.05, 0.1) is 17.6 Å². The second kappa shape index (κ2) is 9.79. The molecule has 0 spiro atoms. The maximum atomic E-state index is 14.8. The van der Waals surface area contributed by atoms with Crippen LogP contribution in [0.2, 0.25) is 0 Å². The number of nitrogens with zero attached hydrogens (tertiary/aromatic N) is 5. The molecular formula is C24H28FN6OP. The van der Waals surface area contributed by atoms with Crippen LogP contribution in [0.5, 0.6) is 0 Å². The van der Waals surface area contributed by atoms with Crippen molar-refractivity contribution in [1.29, 1.82) is 0 Å². The van der Waals surface area contributed by atoms with Gasteiger partial charge in [0.1, 0.15) is 11.6 Å². The zero-order chi connectivity index (χ0) is 23.5. The van der Waals surface area contributed by atoms with Crippen LogP contribution in [-0.2, 0) is 0 Å². The molecule has 2 aromatic heterocycles. The molecule has 1 saturated heterocycles. The second-order valence-corrected chi connectivity index (χ2v) is 9.10. The van der Waals surface area contributed by atoms with Gasteiger partial charge >= 0.3 is 6.03 Å². The Morgan fingerprint density at radius 1 is 1.09 bits per heavy atom. The molecule has 3 aromatic rings. The highest BCUT2D eigenvalue weighted by Crippen LogP contribution is 2.33. The van der Waals surface area contributed by atoms with Gasteiger partial charge in [0.25, 0.3) is 0 Å². The highest BCUT2D eigenvalue weighted by atomic mass is 31.0. The summed E-state index contributed by atoms with van der Waals surface area (Å²) in [6, 6.07) is 6.97. The lowest BCUT2D eigenvalue weighted by Gasteiger charge is -2.35. The zero-order valence-electron chi connectivity index (χ0n) is 19.0. The second-order valence-electron chi connectivity index (χ2n) is 8.43. The predicted octanol–water partition coefficient (Wildman–Crippen LogP) is 3.39. The third-order valence-electron chi connectivity index (χ3n) is 5.59. The molecule has 0 radical (unpaired) electrons. The molecule has 1 aromatic carbocycles. The minimum atomic E-state index is -0.345. The highest BCUT2D eigenvalue weighted by molar-refractivity contribution is 7.27. The summed E-state index contributed by atoms with van der Waals surface area (Å²) in [7, 11) is 2.50. The quantitative estimate of drug-likeness (QED) is 0.597.